The lowest BCUT2D eigenvalue weighted by Crippen LogP contribution is -2.06. The Bertz CT molecular complexity index is 615. The highest BCUT2D eigenvalue weighted by molar-refractivity contribution is 5.77. The summed E-state index contributed by atoms with van der Waals surface area (Å²) in [7, 11) is 0. The number of anilines is 1. The van der Waals surface area contributed by atoms with E-state index in [1.807, 2.05) is 37.3 Å². The molecule has 4 nitrogen and oxygen atoms in total. The summed E-state index contributed by atoms with van der Waals surface area (Å²) in [6.45, 7) is 2.03. The Labute approximate surface area is 105 Å². The molecule has 0 aliphatic heterocycles. The molecule has 2 aromatic heterocycles. The van der Waals surface area contributed by atoms with E-state index >= 15 is 0 Å². The van der Waals surface area contributed by atoms with E-state index in [0.29, 0.717) is 0 Å². The van der Waals surface area contributed by atoms with Crippen molar-refractivity contribution in [3.05, 3.63) is 54.7 Å². The number of para-hydroxylation sites is 1. The normalized spacial score (nSPS) is 12.5. The van der Waals surface area contributed by atoms with E-state index in [1.165, 1.54) is 0 Å². The quantitative estimate of drug-likeness (QED) is 0.761. The summed E-state index contributed by atoms with van der Waals surface area (Å²) in [6, 6.07) is 10.1. The summed E-state index contributed by atoms with van der Waals surface area (Å²) in [6.07, 6.45) is 5.00. The Morgan fingerprint density at radius 3 is 2.89 bits per heavy atom. The fourth-order valence-electron chi connectivity index (χ4n) is 1.88. The molecule has 0 saturated heterocycles. The smallest absolute Gasteiger partial charge is 0.145 e. The molecular weight excluding hydrogens is 226 g/mol. The van der Waals surface area contributed by atoms with Crippen molar-refractivity contribution in [3.8, 4) is 0 Å². The molecular formula is C14H13N3O. The molecule has 3 rings (SSSR count). The summed E-state index contributed by atoms with van der Waals surface area (Å²) in [5.41, 5.74) is 0.903. The molecule has 90 valence electrons. The summed E-state index contributed by atoms with van der Waals surface area (Å²) < 4.78 is 5.79. The van der Waals surface area contributed by atoms with E-state index in [9.17, 15) is 0 Å². The average Bonchev–Trinajstić information content (AvgIpc) is 2.84. The monoisotopic (exact) mass is 239 g/mol. The number of fused-ring (bicyclic) bond motifs is 1. The van der Waals surface area contributed by atoms with Crippen LogP contribution in [0, 0.1) is 0 Å². The van der Waals surface area contributed by atoms with Gasteiger partial charge in [-0.05, 0) is 19.1 Å². The largest absolute Gasteiger partial charge is 0.459 e. The van der Waals surface area contributed by atoms with E-state index in [4.69, 9.17) is 4.42 Å². The van der Waals surface area contributed by atoms with Gasteiger partial charge in [-0.15, -0.1) is 0 Å². The lowest BCUT2D eigenvalue weighted by atomic mass is 10.2. The van der Waals surface area contributed by atoms with E-state index in [2.05, 4.69) is 15.3 Å². The Morgan fingerprint density at radius 2 is 2.11 bits per heavy atom. The molecule has 0 fully saturated rings. The predicted octanol–water partition coefficient (Wildman–Crippen LogP) is 3.40. The maximum absolute atomic E-state index is 5.79. The van der Waals surface area contributed by atoms with Gasteiger partial charge in [-0.3, -0.25) is 4.98 Å². The van der Waals surface area contributed by atoms with Gasteiger partial charge in [0.05, 0.1) is 12.2 Å². The third kappa shape index (κ3) is 2.05. The molecule has 3 aromatic rings. The zero-order valence-electron chi connectivity index (χ0n) is 10.00. The molecule has 18 heavy (non-hydrogen) atoms. The topological polar surface area (TPSA) is 51.0 Å². The zero-order valence-corrected chi connectivity index (χ0v) is 10.00. The SMILES string of the molecule is C[C@@H](Nc1cnccn1)c1cc2ccccc2o1. The minimum absolute atomic E-state index is 0.0501. The minimum Gasteiger partial charge on any atom is -0.459 e. The highest BCUT2D eigenvalue weighted by Crippen LogP contribution is 2.25. The van der Waals surface area contributed by atoms with Gasteiger partial charge in [-0.1, -0.05) is 18.2 Å². The van der Waals surface area contributed by atoms with Gasteiger partial charge >= 0.3 is 0 Å². The summed E-state index contributed by atoms with van der Waals surface area (Å²) in [4.78, 5) is 8.20. The van der Waals surface area contributed by atoms with Gasteiger partial charge in [0.2, 0.25) is 0 Å². The number of rotatable bonds is 3. The van der Waals surface area contributed by atoms with Crippen LogP contribution in [0.2, 0.25) is 0 Å². The van der Waals surface area contributed by atoms with E-state index in [-0.39, 0.29) is 6.04 Å². The third-order valence-electron chi connectivity index (χ3n) is 2.80. The second-order valence-electron chi connectivity index (χ2n) is 4.14. The number of hydrogen-bond acceptors (Lipinski definition) is 4. The van der Waals surface area contributed by atoms with Crippen LogP contribution in [-0.2, 0) is 0 Å². The molecule has 1 N–H and O–H groups in total. The molecule has 1 aromatic carbocycles. The van der Waals surface area contributed by atoms with Crippen molar-refractivity contribution >= 4 is 16.8 Å². The molecule has 0 amide bonds. The lowest BCUT2D eigenvalue weighted by Gasteiger charge is -2.10. The highest BCUT2D eigenvalue weighted by atomic mass is 16.3. The number of furan rings is 1. The van der Waals surface area contributed by atoms with Gasteiger partial charge in [0, 0.05) is 17.8 Å². The van der Waals surface area contributed by atoms with Crippen LogP contribution in [0.15, 0.2) is 53.3 Å². The molecule has 4 heteroatoms. The first-order valence-corrected chi connectivity index (χ1v) is 5.84. The van der Waals surface area contributed by atoms with Gasteiger partial charge in [-0.25, -0.2) is 4.98 Å². The summed E-state index contributed by atoms with van der Waals surface area (Å²) in [5, 5.41) is 4.36. The first-order chi connectivity index (χ1) is 8.83. The molecule has 0 bridgehead atoms. The number of aromatic nitrogens is 2. The highest BCUT2D eigenvalue weighted by Gasteiger charge is 2.11. The molecule has 2 heterocycles. The van der Waals surface area contributed by atoms with Crippen molar-refractivity contribution in [1.29, 1.82) is 0 Å². The maximum Gasteiger partial charge on any atom is 0.145 e. The summed E-state index contributed by atoms with van der Waals surface area (Å²) in [5.74, 6) is 1.63. The molecule has 0 radical (unpaired) electrons. The second kappa shape index (κ2) is 4.49. The van der Waals surface area contributed by atoms with Crippen molar-refractivity contribution in [2.24, 2.45) is 0 Å². The standard InChI is InChI=1S/C14H13N3O/c1-10(17-14-9-15-6-7-16-14)13-8-11-4-2-3-5-12(11)18-13/h2-10H,1H3,(H,16,17)/t10-/m1/s1. The van der Waals surface area contributed by atoms with Crippen molar-refractivity contribution in [2.75, 3.05) is 5.32 Å². The van der Waals surface area contributed by atoms with E-state index in [1.54, 1.807) is 18.6 Å². The Hall–Kier alpha value is -2.36. The number of nitrogens with one attached hydrogen (secondary N) is 1. The Balaban J connectivity index is 1.86. The van der Waals surface area contributed by atoms with Gasteiger partial charge in [0.1, 0.15) is 17.2 Å². The Morgan fingerprint density at radius 1 is 1.22 bits per heavy atom. The predicted molar refractivity (Wildman–Crippen MR) is 70.3 cm³/mol. The number of nitrogens with zero attached hydrogens (tertiary/aromatic N) is 2. The molecule has 0 aliphatic rings. The molecule has 0 saturated carbocycles. The van der Waals surface area contributed by atoms with Gasteiger partial charge < -0.3 is 9.73 Å². The van der Waals surface area contributed by atoms with Gasteiger partial charge in [-0.2, -0.15) is 0 Å². The van der Waals surface area contributed by atoms with Crippen molar-refractivity contribution < 1.29 is 4.42 Å². The molecule has 0 spiro atoms. The minimum atomic E-state index is 0.0501. The first kappa shape index (κ1) is 10.8. The molecule has 0 unspecified atom stereocenters. The number of hydrogen-bond donors (Lipinski definition) is 1. The summed E-state index contributed by atoms with van der Waals surface area (Å²) >= 11 is 0. The van der Waals surface area contributed by atoms with Crippen LogP contribution in [0.5, 0.6) is 0 Å². The molecule has 1 atom stereocenters. The first-order valence-electron chi connectivity index (χ1n) is 5.84. The zero-order chi connectivity index (χ0) is 12.4. The van der Waals surface area contributed by atoms with Crippen LogP contribution in [-0.4, -0.2) is 9.97 Å². The van der Waals surface area contributed by atoms with Crippen LogP contribution < -0.4 is 5.32 Å². The van der Waals surface area contributed by atoms with Crippen LogP contribution in [0.4, 0.5) is 5.82 Å². The van der Waals surface area contributed by atoms with E-state index < -0.39 is 0 Å². The Kier molecular flexibility index (Phi) is 2.68. The van der Waals surface area contributed by atoms with Crippen LogP contribution >= 0.6 is 0 Å². The van der Waals surface area contributed by atoms with E-state index in [0.717, 1.165) is 22.5 Å². The van der Waals surface area contributed by atoms with Crippen LogP contribution in [0.1, 0.15) is 18.7 Å². The average molecular weight is 239 g/mol. The second-order valence-corrected chi connectivity index (χ2v) is 4.14. The fourth-order valence-corrected chi connectivity index (χ4v) is 1.88. The van der Waals surface area contributed by atoms with Crippen molar-refractivity contribution in [3.63, 3.8) is 0 Å². The van der Waals surface area contributed by atoms with Crippen LogP contribution in [0.3, 0.4) is 0 Å². The molecule has 0 aliphatic carbocycles. The van der Waals surface area contributed by atoms with Crippen molar-refractivity contribution in [1.82, 2.24) is 9.97 Å². The lowest BCUT2D eigenvalue weighted by molar-refractivity contribution is 0.525. The maximum atomic E-state index is 5.79. The van der Waals surface area contributed by atoms with Gasteiger partial charge in [0.25, 0.3) is 0 Å². The van der Waals surface area contributed by atoms with Gasteiger partial charge in [0.15, 0.2) is 0 Å². The van der Waals surface area contributed by atoms with Crippen molar-refractivity contribution in [2.45, 2.75) is 13.0 Å². The van der Waals surface area contributed by atoms with Crippen LogP contribution in [0.25, 0.3) is 11.0 Å². The number of benzene rings is 1. The fraction of sp³-hybridized carbons (Fsp3) is 0.143. The third-order valence-corrected chi connectivity index (χ3v) is 2.80.